The molecule has 0 amide bonds. The van der Waals surface area contributed by atoms with Gasteiger partial charge in [0, 0.05) is 22.7 Å². The standard InChI is InChI=1S/C9H8BNO/c10-7-1-2-9-8(3-7)6(5-12)4-11-9/h1-4,11-12H,5H2. The summed E-state index contributed by atoms with van der Waals surface area (Å²) in [5.41, 5.74) is 2.61. The molecule has 0 saturated heterocycles. The summed E-state index contributed by atoms with van der Waals surface area (Å²) in [6.45, 7) is 0.0451. The van der Waals surface area contributed by atoms with Crippen LogP contribution in [0.2, 0.25) is 0 Å². The van der Waals surface area contributed by atoms with E-state index in [1.54, 1.807) is 6.20 Å². The van der Waals surface area contributed by atoms with Crippen molar-refractivity contribution < 1.29 is 5.11 Å². The zero-order chi connectivity index (χ0) is 8.55. The second-order valence-corrected chi connectivity index (χ2v) is 2.78. The zero-order valence-corrected chi connectivity index (χ0v) is 6.54. The average molecular weight is 157 g/mol. The minimum absolute atomic E-state index is 0.0451. The molecule has 0 unspecified atom stereocenters. The van der Waals surface area contributed by atoms with Gasteiger partial charge in [-0.15, -0.1) is 0 Å². The van der Waals surface area contributed by atoms with Gasteiger partial charge in [-0.3, -0.25) is 0 Å². The highest BCUT2D eigenvalue weighted by atomic mass is 16.3. The van der Waals surface area contributed by atoms with Crippen LogP contribution < -0.4 is 5.46 Å². The number of fused-ring (bicyclic) bond motifs is 1. The third-order valence-corrected chi connectivity index (χ3v) is 1.96. The van der Waals surface area contributed by atoms with Gasteiger partial charge in [0.2, 0.25) is 0 Å². The highest BCUT2D eigenvalue weighted by molar-refractivity contribution is 6.33. The van der Waals surface area contributed by atoms with Crippen molar-refractivity contribution >= 4 is 24.2 Å². The van der Waals surface area contributed by atoms with Crippen LogP contribution in [0.4, 0.5) is 0 Å². The molecule has 0 aliphatic rings. The molecule has 0 aliphatic heterocycles. The van der Waals surface area contributed by atoms with Crippen molar-refractivity contribution in [3.63, 3.8) is 0 Å². The largest absolute Gasteiger partial charge is 0.392 e. The monoisotopic (exact) mass is 157 g/mol. The normalized spacial score (nSPS) is 10.8. The van der Waals surface area contributed by atoms with Gasteiger partial charge >= 0.3 is 0 Å². The van der Waals surface area contributed by atoms with E-state index in [9.17, 15) is 0 Å². The first-order valence-electron chi connectivity index (χ1n) is 3.77. The molecule has 2 aromatic rings. The number of rotatable bonds is 1. The summed E-state index contributed by atoms with van der Waals surface area (Å²) in [7, 11) is 5.61. The van der Waals surface area contributed by atoms with E-state index >= 15 is 0 Å². The maximum atomic E-state index is 8.95. The van der Waals surface area contributed by atoms with E-state index in [1.807, 2.05) is 18.2 Å². The molecule has 0 saturated carbocycles. The molecule has 0 bridgehead atoms. The predicted molar refractivity (Wildman–Crippen MR) is 49.6 cm³/mol. The van der Waals surface area contributed by atoms with Gasteiger partial charge in [-0.05, 0) is 6.07 Å². The third-order valence-electron chi connectivity index (χ3n) is 1.96. The Balaban J connectivity index is 2.75. The maximum Gasteiger partial charge on any atom is 0.113 e. The van der Waals surface area contributed by atoms with Crippen LogP contribution in [-0.2, 0) is 6.61 Å². The quantitative estimate of drug-likeness (QED) is 0.579. The van der Waals surface area contributed by atoms with E-state index in [1.165, 1.54) is 0 Å². The van der Waals surface area contributed by atoms with E-state index in [0.29, 0.717) is 0 Å². The maximum absolute atomic E-state index is 8.95. The Bertz CT molecular complexity index is 408. The number of aliphatic hydroxyl groups excluding tert-OH is 1. The zero-order valence-electron chi connectivity index (χ0n) is 6.54. The van der Waals surface area contributed by atoms with E-state index in [0.717, 1.165) is 21.9 Å². The molecule has 2 radical (unpaired) electrons. The fourth-order valence-electron chi connectivity index (χ4n) is 1.33. The molecule has 0 atom stereocenters. The van der Waals surface area contributed by atoms with E-state index in [-0.39, 0.29) is 6.61 Å². The van der Waals surface area contributed by atoms with Crippen LogP contribution in [0.15, 0.2) is 24.4 Å². The van der Waals surface area contributed by atoms with E-state index in [2.05, 4.69) is 4.98 Å². The van der Waals surface area contributed by atoms with Crippen molar-refractivity contribution in [2.45, 2.75) is 6.61 Å². The van der Waals surface area contributed by atoms with Crippen molar-refractivity contribution in [1.82, 2.24) is 4.98 Å². The van der Waals surface area contributed by atoms with Crippen molar-refractivity contribution in [2.24, 2.45) is 0 Å². The Morgan fingerprint density at radius 3 is 3.00 bits per heavy atom. The molecule has 2 rings (SSSR count). The summed E-state index contributed by atoms with van der Waals surface area (Å²) in [4.78, 5) is 3.05. The Kier molecular flexibility index (Phi) is 1.66. The van der Waals surface area contributed by atoms with Gasteiger partial charge in [0.05, 0.1) is 6.61 Å². The highest BCUT2D eigenvalue weighted by Crippen LogP contribution is 2.15. The van der Waals surface area contributed by atoms with Crippen molar-refractivity contribution in [1.29, 1.82) is 0 Å². The van der Waals surface area contributed by atoms with Crippen LogP contribution in [0.5, 0.6) is 0 Å². The second-order valence-electron chi connectivity index (χ2n) is 2.78. The van der Waals surface area contributed by atoms with Crippen molar-refractivity contribution in [3.8, 4) is 0 Å². The molecule has 1 heterocycles. The molecule has 0 spiro atoms. The lowest BCUT2D eigenvalue weighted by atomic mass is 9.94. The Labute approximate surface area is 71.6 Å². The fourth-order valence-corrected chi connectivity index (χ4v) is 1.33. The number of nitrogens with one attached hydrogen (secondary N) is 1. The minimum atomic E-state index is 0.0451. The average Bonchev–Trinajstić information content (AvgIpc) is 2.46. The van der Waals surface area contributed by atoms with Gasteiger partial charge in [-0.1, -0.05) is 17.6 Å². The molecule has 0 aliphatic carbocycles. The molecule has 0 fully saturated rings. The van der Waals surface area contributed by atoms with Gasteiger partial charge in [0.1, 0.15) is 7.85 Å². The lowest BCUT2D eigenvalue weighted by Gasteiger charge is -1.95. The molecule has 2 nitrogen and oxygen atoms in total. The highest BCUT2D eigenvalue weighted by Gasteiger charge is 2.00. The van der Waals surface area contributed by atoms with Crippen molar-refractivity contribution in [2.75, 3.05) is 0 Å². The molecule has 3 heteroatoms. The number of benzene rings is 1. The molecule has 2 N–H and O–H groups in total. The third kappa shape index (κ3) is 1.03. The Morgan fingerprint density at radius 1 is 1.42 bits per heavy atom. The Morgan fingerprint density at radius 2 is 2.25 bits per heavy atom. The molecule has 58 valence electrons. The van der Waals surface area contributed by atoms with Crippen LogP contribution >= 0.6 is 0 Å². The van der Waals surface area contributed by atoms with Gasteiger partial charge in [0.25, 0.3) is 0 Å². The Hall–Kier alpha value is -1.22. The first-order chi connectivity index (χ1) is 5.81. The van der Waals surface area contributed by atoms with Crippen molar-refractivity contribution in [3.05, 3.63) is 30.0 Å². The summed E-state index contributed by atoms with van der Waals surface area (Å²) in [6, 6.07) is 5.60. The topological polar surface area (TPSA) is 36.0 Å². The smallest absolute Gasteiger partial charge is 0.113 e. The van der Waals surface area contributed by atoms with E-state index < -0.39 is 0 Å². The molecule has 1 aromatic carbocycles. The first kappa shape index (κ1) is 7.43. The minimum Gasteiger partial charge on any atom is -0.392 e. The van der Waals surface area contributed by atoms with E-state index in [4.69, 9.17) is 13.0 Å². The molecular weight excluding hydrogens is 149 g/mol. The number of hydrogen-bond acceptors (Lipinski definition) is 1. The van der Waals surface area contributed by atoms with Gasteiger partial charge in [-0.25, -0.2) is 0 Å². The summed E-state index contributed by atoms with van der Waals surface area (Å²) in [6.07, 6.45) is 1.80. The van der Waals surface area contributed by atoms with Crippen LogP contribution in [0.1, 0.15) is 5.56 Å². The van der Waals surface area contributed by atoms with Gasteiger partial charge in [-0.2, -0.15) is 0 Å². The molecule has 12 heavy (non-hydrogen) atoms. The van der Waals surface area contributed by atoms with Crippen LogP contribution in [0.25, 0.3) is 10.9 Å². The van der Waals surface area contributed by atoms with Gasteiger partial charge < -0.3 is 10.1 Å². The summed E-state index contributed by atoms with van der Waals surface area (Å²) >= 11 is 0. The van der Waals surface area contributed by atoms with Gasteiger partial charge in [0.15, 0.2) is 0 Å². The number of H-pyrrole nitrogens is 1. The first-order valence-corrected chi connectivity index (χ1v) is 3.77. The van der Waals surface area contributed by atoms with Crippen LogP contribution in [0, 0.1) is 0 Å². The predicted octanol–water partition coefficient (Wildman–Crippen LogP) is 0.454. The van der Waals surface area contributed by atoms with Crippen LogP contribution in [0.3, 0.4) is 0 Å². The molecular formula is C9H8BNO. The fraction of sp³-hybridized carbons (Fsp3) is 0.111. The number of hydrogen-bond donors (Lipinski definition) is 2. The number of aliphatic hydroxyl groups is 1. The second kappa shape index (κ2) is 2.68. The lowest BCUT2D eigenvalue weighted by molar-refractivity contribution is 0.283. The van der Waals surface area contributed by atoms with Crippen LogP contribution in [-0.4, -0.2) is 17.9 Å². The SMILES string of the molecule is [B]c1ccc2[nH]cc(CO)c2c1. The number of aromatic amines is 1. The number of aromatic nitrogens is 1. The molecule has 1 aromatic heterocycles. The summed E-state index contributed by atoms with van der Waals surface area (Å²) < 4.78 is 0. The summed E-state index contributed by atoms with van der Waals surface area (Å²) in [5.74, 6) is 0. The summed E-state index contributed by atoms with van der Waals surface area (Å²) in [5, 5.41) is 9.95. The lowest BCUT2D eigenvalue weighted by Crippen LogP contribution is -1.99.